The summed E-state index contributed by atoms with van der Waals surface area (Å²) in [5, 5.41) is 2.71. The molecule has 1 aromatic heterocycles. The van der Waals surface area contributed by atoms with Gasteiger partial charge >= 0.3 is 0 Å². The zero-order valence-corrected chi connectivity index (χ0v) is 17.5. The molecule has 1 unspecified atom stereocenters. The number of carbonyl (C=O) groups is 1. The SMILES string of the molecule is C=C(NC(C)=O)c1ccc(OC2CCN(c3ccnc(OCC4CCC4)c3)C2)cc1. The summed E-state index contributed by atoms with van der Waals surface area (Å²) >= 11 is 0. The van der Waals surface area contributed by atoms with Crippen LogP contribution in [0, 0.1) is 5.92 Å². The standard InChI is InChI=1S/C24H29N3O3/c1-17(26-18(2)28)20-6-8-22(9-7-20)30-23-11-13-27(15-23)21-10-12-25-24(14-21)29-16-19-4-3-5-19/h6-10,12,14,19,23H,1,3-5,11,13,15-16H2,2H3,(H,26,28). The van der Waals surface area contributed by atoms with E-state index >= 15 is 0 Å². The molecule has 4 rings (SSSR count). The van der Waals surface area contributed by atoms with Crippen molar-refractivity contribution in [1.29, 1.82) is 0 Å². The van der Waals surface area contributed by atoms with E-state index in [-0.39, 0.29) is 12.0 Å². The van der Waals surface area contributed by atoms with Crippen molar-refractivity contribution in [1.82, 2.24) is 10.3 Å². The average molecular weight is 408 g/mol. The van der Waals surface area contributed by atoms with Crippen LogP contribution in [-0.2, 0) is 4.79 Å². The third-order valence-electron chi connectivity index (χ3n) is 5.75. The second kappa shape index (κ2) is 9.20. The highest BCUT2D eigenvalue weighted by atomic mass is 16.5. The molecular weight excluding hydrogens is 378 g/mol. The van der Waals surface area contributed by atoms with Gasteiger partial charge in [0.05, 0.1) is 13.2 Å². The van der Waals surface area contributed by atoms with Crippen LogP contribution in [0.2, 0.25) is 0 Å². The molecule has 1 aliphatic heterocycles. The molecule has 0 radical (unpaired) electrons. The predicted octanol–water partition coefficient (Wildman–Crippen LogP) is 4.03. The van der Waals surface area contributed by atoms with Crippen LogP contribution in [0.5, 0.6) is 11.6 Å². The lowest BCUT2D eigenvalue weighted by Gasteiger charge is -2.25. The first-order valence-corrected chi connectivity index (χ1v) is 10.6. The molecule has 0 bridgehead atoms. The van der Waals surface area contributed by atoms with Gasteiger partial charge in [-0.05, 0) is 54.7 Å². The molecule has 6 heteroatoms. The molecule has 2 heterocycles. The summed E-state index contributed by atoms with van der Waals surface area (Å²) in [6, 6.07) is 11.7. The first-order valence-electron chi connectivity index (χ1n) is 10.6. The van der Waals surface area contributed by atoms with E-state index in [0.29, 0.717) is 17.5 Å². The molecule has 158 valence electrons. The van der Waals surface area contributed by atoms with Crippen molar-refractivity contribution < 1.29 is 14.3 Å². The molecule has 30 heavy (non-hydrogen) atoms. The van der Waals surface area contributed by atoms with Crippen LogP contribution in [0.1, 0.15) is 38.2 Å². The van der Waals surface area contributed by atoms with E-state index < -0.39 is 0 Å². The van der Waals surface area contributed by atoms with Gasteiger partial charge in [0.2, 0.25) is 11.8 Å². The molecule has 1 atom stereocenters. The number of rotatable bonds is 8. The lowest BCUT2D eigenvalue weighted by Crippen LogP contribution is -2.24. The minimum absolute atomic E-state index is 0.126. The largest absolute Gasteiger partial charge is 0.489 e. The van der Waals surface area contributed by atoms with Gasteiger partial charge in [-0.15, -0.1) is 0 Å². The van der Waals surface area contributed by atoms with Gasteiger partial charge < -0.3 is 19.7 Å². The number of amides is 1. The Balaban J connectivity index is 1.30. The van der Waals surface area contributed by atoms with Crippen molar-refractivity contribution in [3.63, 3.8) is 0 Å². The fraction of sp³-hybridized carbons (Fsp3) is 0.417. The number of anilines is 1. The maximum absolute atomic E-state index is 11.2. The van der Waals surface area contributed by atoms with Crippen molar-refractivity contribution in [2.75, 3.05) is 24.6 Å². The summed E-state index contributed by atoms with van der Waals surface area (Å²) in [6.45, 7) is 7.89. The number of hydrogen-bond donors (Lipinski definition) is 1. The number of aromatic nitrogens is 1. The maximum Gasteiger partial charge on any atom is 0.221 e. The number of ether oxygens (including phenoxy) is 2. The lowest BCUT2D eigenvalue weighted by atomic mass is 9.86. The fourth-order valence-electron chi connectivity index (χ4n) is 3.81. The van der Waals surface area contributed by atoms with Crippen molar-refractivity contribution >= 4 is 17.3 Å². The van der Waals surface area contributed by atoms with E-state index in [9.17, 15) is 4.79 Å². The lowest BCUT2D eigenvalue weighted by molar-refractivity contribution is -0.117. The first kappa shape index (κ1) is 20.3. The van der Waals surface area contributed by atoms with Gasteiger partial charge in [0.1, 0.15) is 11.9 Å². The van der Waals surface area contributed by atoms with Gasteiger partial charge in [-0.25, -0.2) is 4.98 Å². The molecule has 1 saturated carbocycles. The highest BCUT2D eigenvalue weighted by Crippen LogP contribution is 2.29. The van der Waals surface area contributed by atoms with E-state index in [1.807, 2.05) is 42.6 Å². The van der Waals surface area contributed by atoms with Crippen LogP contribution >= 0.6 is 0 Å². The molecule has 6 nitrogen and oxygen atoms in total. The number of pyridine rings is 1. The third kappa shape index (κ3) is 5.12. The Kier molecular flexibility index (Phi) is 6.21. The van der Waals surface area contributed by atoms with Crippen molar-refractivity contribution in [2.24, 2.45) is 5.92 Å². The monoisotopic (exact) mass is 407 g/mol. The summed E-state index contributed by atoms with van der Waals surface area (Å²) in [6.07, 6.45) is 6.77. The van der Waals surface area contributed by atoms with Crippen LogP contribution in [0.4, 0.5) is 5.69 Å². The second-order valence-corrected chi connectivity index (χ2v) is 8.12. The average Bonchev–Trinajstić information content (AvgIpc) is 3.16. The fourth-order valence-corrected chi connectivity index (χ4v) is 3.81. The third-order valence-corrected chi connectivity index (χ3v) is 5.75. The Morgan fingerprint density at radius 1 is 1.23 bits per heavy atom. The van der Waals surface area contributed by atoms with Crippen LogP contribution in [0.25, 0.3) is 5.70 Å². The molecule has 1 saturated heterocycles. The molecule has 1 N–H and O–H groups in total. The first-order chi connectivity index (χ1) is 14.6. The molecule has 2 aliphatic rings. The molecular formula is C24H29N3O3. The highest BCUT2D eigenvalue weighted by Gasteiger charge is 2.25. The van der Waals surface area contributed by atoms with Crippen LogP contribution in [-0.4, -0.2) is 36.7 Å². The van der Waals surface area contributed by atoms with E-state index in [2.05, 4.69) is 21.8 Å². The Bertz CT molecular complexity index is 893. The van der Waals surface area contributed by atoms with Gasteiger partial charge in [0.15, 0.2) is 0 Å². The van der Waals surface area contributed by atoms with E-state index in [1.165, 1.54) is 26.2 Å². The Hall–Kier alpha value is -3.02. The van der Waals surface area contributed by atoms with Crippen molar-refractivity contribution in [3.8, 4) is 11.6 Å². The van der Waals surface area contributed by atoms with E-state index in [4.69, 9.17) is 9.47 Å². The summed E-state index contributed by atoms with van der Waals surface area (Å²) < 4.78 is 12.1. The smallest absolute Gasteiger partial charge is 0.221 e. The molecule has 1 amide bonds. The quantitative estimate of drug-likeness (QED) is 0.716. The summed E-state index contributed by atoms with van der Waals surface area (Å²) in [4.78, 5) is 17.8. The zero-order chi connectivity index (χ0) is 20.9. The number of carbonyl (C=O) groups excluding carboxylic acids is 1. The van der Waals surface area contributed by atoms with E-state index in [0.717, 1.165) is 43.1 Å². The van der Waals surface area contributed by atoms with Crippen molar-refractivity contribution in [3.05, 3.63) is 54.7 Å². The highest BCUT2D eigenvalue weighted by molar-refractivity contribution is 5.84. The number of nitrogens with zero attached hydrogens (tertiary/aromatic N) is 2. The van der Waals surface area contributed by atoms with Gasteiger partial charge in [0.25, 0.3) is 0 Å². The van der Waals surface area contributed by atoms with Crippen LogP contribution in [0.15, 0.2) is 49.2 Å². The molecule has 1 aromatic carbocycles. The van der Waals surface area contributed by atoms with Crippen molar-refractivity contribution in [2.45, 2.75) is 38.7 Å². The Labute approximate surface area is 177 Å². The molecule has 0 spiro atoms. The topological polar surface area (TPSA) is 63.7 Å². The van der Waals surface area contributed by atoms with Gasteiger partial charge in [0, 0.05) is 43.5 Å². The molecule has 2 fully saturated rings. The molecule has 2 aromatic rings. The second-order valence-electron chi connectivity index (χ2n) is 8.12. The number of hydrogen-bond acceptors (Lipinski definition) is 5. The summed E-state index contributed by atoms with van der Waals surface area (Å²) in [5.41, 5.74) is 2.59. The van der Waals surface area contributed by atoms with Gasteiger partial charge in [-0.1, -0.05) is 13.0 Å². The van der Waals surface area contributed by atoms with Gasteiger partial charge in [-0.2, -0.15) is 0 Å². The Morgan fingerprint density at radius 2 is 2.03 bits per heavy atom. The summed E-state index contributed by atoms with van der Waals surface area (Å²) in [7, 11) is 0. The maximum atomic E-state index is 11.2. The minimum Gasteiger partial charge on any atom is -0.489 e. The van der Waals surface area contributed by atoms with E-state index in [1.54, 1.807) is 0 Å². The number of nitrogens with one attached hydrogen (secondary N) is 1. The predicted molar refractivity (Wildman–Crippen MR) is 118 cm³/mol. The normalized spacial score (nSPS) is 18.6. The van der Waals surface area contributed by atoms with Crippen LogP contribution in [0.3, 0.4) is 0 Å². The van der Waals surface area contributed by atoms with Gasteiger partial charge in [-0.3, -0.25) is 4.79 Å². The summed E-state index contributed by atoms with van der Waals surface area (Å²) in [5.74, 6) is 2.10. The minimum atomic E-state index is -0.126. The molecule has 1 aliphatic carbocycles. The van der Waals surface area contributed by atoms with Crippen LogP contribution < -0.4 is 19.7 Å². The zero-order valence-electron chi connectivity index (χ0n) is 17.5. The number of benzene rings is 1. The Morgan fingerprint density at radius 3 is 2.73 bits per heavy atom.